The second-order valence-corrected chi connectivity index (χ2v) is 5.61. The molecule has 0 fully saturated rings. The lowest BCUT2D eigenvalue weighted by molar-refractivity contribution is 0.250. The molecule has 2 N–H and O–H groups in total. The van der Waals surface area contributed by atoms with Gasteiger partial charge in [0.25, 0.3) is 0 Å². The first kappa shape index (κ1) is 16.0. The molecule has 0 aliphatic rings. The van der Waals surface area contributed by atoms with E-state index in [1.54, 1.807) is 24.5 Å². The number of benzene rings is 2. The Morgan fingerprint density at radius 1 is 0.875 bits per heavy atom. The number of urea groups is 1. The average molecular weight is 338 g/mol. The van der Waals surface area contributed by atoms with E-state index in [2.05, 4.69) is 15.6 Å². The first-order valence-corrected chi connectivity index (χ1v) is 7.89. The molecule has 1 aromatic heterocycles. The van der Waals surface area contributed by atoms with E-state index < -0.39 is 0 Å². The van der Waals surface area contributed by atoms with Crippen molar-refractivity contribution in [3.63, 3.8) is 0 Å². The van der Waals surface area contributed by atoms with Crippen molar-refractivity contribution in [2.75, 3.05) is 5.32 Å². The quantitative estimate of drug-likeness (QED) is 0.728. The zero-order chi connectivity index (χ0) is 16.8. The van der Waals surface area contributed by atoms with Gasteiger partial charge in [0, 0.05) is 12.4 Å². The Morgan fingerprint density at radius 2 is 1.50 bits per heavy atom. The molecule has 2 amide bonds. The van der Waals surface area contributed by atoms with Gasteiger partial charge in [-0.3, -0.25) is 4.98 Å². The van der Waals surface area contributed by atoms with E-state index in [9.17, 15) is 4.79 Å². The summed E-state index contributed by atoms with van der Waals surface area (Å²) >= 11 is 6.09. The fraction of sp³-hybridized carbons (Fsp3) is 0.0526. The molecule has 0 aliphatic carbocycles. The lowest BCUT2D eigenvalue weighted by atomic mass is 10.00. The number of carbonyl (C=O) groups is 1. The van der Waals surface area contributed by atoms with Gasteiger partial charge in [-0.05, 0) is 35.4 Å². The molecule has 0 saturated carbocycles. The maximum Gasteiger partial charge on any atom is 0.320 e. The Labute approximate surface area is 145 Å². The molecule has 0 spiro atoms. The zero-order valence-corrected chi connectivity index (χ0v) is 13.6. The summed E-state index contributed by atoms with van der Waals surface area (Å²) in [6.07, 6.45) is 3.41. The van der Waals surface area contributed by atoms with Crippen LogP contribution in [-0.4, -0.2) is 11.0 Å². The number of hydrogen-bond donors (Lipinski definition) is 2. The Kier molecular flexibility index (Phi) is 5.08. The maximum atomic E-state index is 12.4. The Balaban J connectivity index is 1.82. The number of nitrogens with zero attached hydrogens (tertiary/aromatic N) is 1. The first-order valence-electron chi connectivity index (χ1n) is 7.51. The lowest BCUT2D eigenvalue weighted by Crippen LogP contribution is -2.33. The molecule has 24 heavy (non-hydrogen) atoms. The molecule has 0 bridgehead atoms. The van der Waals surface area contributed by atoms with Gasteiger partial charge in [-0.15, -0.1) is 0 Å². The SMILES string of the molecule is O=C(Nc1ccccc1Cl)NC(c1ccccc1)c1ccncc1. The summed E-state index contributed by atoms with van der Waals surface area (Å²) in [5.74, 6) is 0. The van der Waals surface area contributed by atoms with E-state index in [4.69, 9.17) is 11.6 Å². The fourth-order valence-electron chi connectivity index (χ4n) is 2.41. The third kappa shape index (κ3) is 3.91. The summed E-state index contributed by atoms with van der Waals surface area (Å²) in [5.41, 5.74) is 2.50. The minimum atomic E-state index is -0.325. The van der Waals surface area contributed by atoms with Gasteiger partial charge < -0.3 is 10.6 Å². The molecule has 3 rings (SSSR count). The highest BCUT2D eigenvalue weighted by Crippen LogP contribution is 2.23. The minimum absolute atomic E-state index is 0.281. The first-order chi connectivity index (χ1) is 11.7. The van der Waals surface area contributed by atoms with E-state index >= 15 is 0 Å². The summed E-state index contributed by atoms with van der Waals surface area (Å²) in [4.78, 5) is 16.5. The van der Waals surface area contributed by atoms with Gasteiger partial charge in [0.1, 0.15) is 0 Å². The number of para-hydroxylation sites is 1. The number of nitrogens with one attached hydrogen (secondary N) is 2. The molecule has 120 valence electrons. The smallest absolute Gasteiger partial charge is 0.320 e. The Bertz CT molecular complexity index is 770. The highest BCUT2D eigenvalue weighted by atomic mass is 35.5. The van der Waals surface area contributed by atoms with Gasteiger partial charge in [-0.25, -0.2) is 4.79 Å². The van der Waals surface area contributed by atoms with Crippen molar-refractivity contribution in [2.45, 2.75) is 6.04 Å². The average Bonchev–Trinajstić information content (AvgIpc) is 2.63. The molecule has 3 aromatic rings. The highest BCUT2D eigenvalue weighted by Gasteiger charge is 2.17. The number of halogens is 1. The van der Waals surface area contributed by atoms with Crippen LogP contribution < -0.4 is 10.6 Å². The van der Waals surface area contributed by atoms with Gasteiger partial charge in [-0.1, -0.05) is 54.1 Å². The molecule has 1 atom stereocenters. The van der Waals surface area contributed by atoms with Crippen LogP contribution in [0.1, 0.15) is 17.2 Å². The second kappa shape index (κ2) is 7.62. The molecule has 0 aliphatic heterocycles. The number of carbonyl (C=O) groups excluding carboxylic acids is 1. The van der Waals surface area contributed by atoms with Gasteiger partial charge in [0.15, 0.2) is 0 Å². The number of pyridine rings is 1. The molecule has 1 unspecified atom stereocenters. The minimum Gasteiger partial charge on any atom is -0.327 e. The predicted octanol–water partition coefficient (Wildman–Crippen LogP) is 4.65. The third-order valence-corrected chi connectivity index (χ3v) is 3.90. The monoisotopic (exact) mass is 337 g/mol. The largest absolute Gasteiger partial charge is 0.327 e. The molecule has 2 aromatic carbocycles. The zero-order valence-electron chi connectivity index (χ0n) is 12.8. The van der Waals surface area contributed by atoms with Crippen molar-refractivity contribution < 1.29 is 4.79 Å². The van der Waals surface area contributed by atoms with Crippen LogP contribution in [0.2, 0.25) is 5.02 Å². The molecule has 0 radical (unpaired) electrons. The van der Waals surface area contributed by atoms with Gasteiger partial charge in [-0.2, -0.15) is 0 Å². The second-order valence-electron chi connectivity index (χ2n) is 5.20. The van der Waals surface area contributed by atoms with Crippen molar-refractivity contribution in [1.29, 1.82) is 0 Å². The van der Waals surface area contributed by atoms with E-state index in [0.29, 0.717) is 10.7 Å². The number of rotatable bonds is 4. The molecular formula is C19H16ClN3O. The summed E-state index contributed by atoms with van der Waals surface area (Å²) in [7, 11) is 0. The Hall–Kier alpha value is -2.85. The number of hydrogen-bond acceptors (Lipinski definition) is 2. The van der Waals surface area contributed by atoms with Crippen molar-refractivity contribution in [3.8, 4) is 0 Å². The van der Waals surface area contributed by atoms with Crippen molar-refractivity contribution in [1.82, 2.24) is 10.3 Å². The van der Waals surface area contributed by atoms with Crippen LogP contribution >= 0.6 is 11.6 Å². The van der Waals surface area contributed by atoms with Crippen LogP contribution in [0.15, 0.2) is 79.1 Å². The van der Waals surface area contributed by atoms with E-state index in [1.807, 2.05) is 54.6 Å². The summed E-state index contributed by atoms with van der Waals surface area (Å²) in [6.45, 7) is 0. The van der Waals surface area contributed by atoms with Crippen LogP contribution in [-0.2, 0) is 0 Å². The Morgan fingerprint density at radius 3 is 2.21 bits per heavy atom. The molecule has 1 heterocycles. The normalized spacial score (nSPS) is 11.5. The van der Waals surface area contributed by atoms with Gasteiger partial charge >= 0.3 is 6.03 Å². The van der Waals surface area contributed by atoms with Crippen molar-refractivity contribution in [3.05, 3.63) is 95.3 Å². The molecule has 5 heteroatoms. The van der Waals surface area contributed by atoms with Crippen LogP contribution in [0.4, 0.5) is 10.5 Å². The maximum absolute atomic E-state index is 12.4. The van der Waals surface area contributed by atoms with Crippen LogP contribution in [0.5, 0.6) is 0 Å². The predicted molar refractivity (Wildman–Crippen MR) is 96.1 cm³/mol. The summed E-state index contributed by atoms with van der Waals surface area (Å²) in [5, 5.41) is 6.26. The third-order valence-electron chi connectivity index (χ3n) is 3.57. The number of aromatic nitrogens is 1. The van der Waals surface area contributed by atoms with E-state index in [0.717, 1.165) is 11.1 Å². The molecular weight excluding hydrogens is 322 g/mol. The topological polar surface area (TPSA) is 54.0 Å². The van der Waals surface area contributed by atoms with Crippen molar-refractivity contribution in [2.24, 2.45) is 0 Å². The molecule has 4 nitrogen and oxygen atoms in total. The summed E-state index contributed by atoms with van der Waals surface area (Å²) < 4.78 is 0. The van der Waals surface area contributed by atoms with E-state index in [-0.39, 0.29) is 12.1 Å². The van der Waals surface area contributed by atoms with Crippen LogP contribution in [0.3, 0.4) is 0 Å². The summed E-state index contributed by atoms with van der Waals surface area (Å²) in [6, 6.07) is 20.0. The van der Waals surface area contributed by atoms with Crippen molar-refractivity contribution >= 4 is 23.3 Å². The van der Waals surface area contributed by atoms with Gasteiger partial charge in [0.05, 0.1) is 16.8 Å². The standard InChI is InChI=1S/C19H16ClN3O/c20-16-8-4-5-9-17(16)22-19(24)23-18(14-6-2-1-3-7-14)15-10-12-21-13-11-15/h1-13,18H,(H2,22,23,24). The molecule has 0 saturated heterocycles. The number of anilines is 1. The fourth-order valence-corrected chi connectivity index (χ4v) is 2.60. The van der Waals surface area contributed by atoms with E-state index in [1.165, 1.54) is 0 Å². The van der Waals surface area contributed by atoms with Crippen LogP contribution in [0, 0.1) is 0 Å². The highest BCUT2D eigenvalue weighted by molar-refractivity contribution is 6.33. The lowest BCUT2D eigenvalue weighted by Gasteiger charge is -2.20. The van der Waals surface area contributed by atoms with Gasteiger partial charge in [0.2, 0.25) is 0 Å². The van der Waals surface area contributed by atoms with Crippen LogP contribution in [0.25, 0.3) is 0 Å². The number of amides is 2.